The number of nitrogens with one attached hydrogen (secondary N) is 1. The van der Waals surface area contributed by atoms with E-state index in [2.05, 4.69) is 39.0 Å². The van der Waals surface area contributed by atoms with Gasteiger partial charge in [-0.25, -0.2) is 19.7 Å². The van der Waals surface area contributed by atoms with E-state index >= 15 is 0 Å². The van der Waals surface area contributed by atoms with E-state index in [9.17, 15) is 4.79 Å². The lowest BCUT2D eigenvalue weighted by atomic mass is 10.3. The van der Waals surface area contributed by atoms with Gasteiger partial charge in [0.2, 0.25) is 5.95 Å². The van der Waals surface area contributed by atoms with Gasteiger partial charge in [-0.15, -0.1) is 0 Å². The molecule has 3 rings (SSSR count). The summed E-state index contributed by atoms with van der Waals surface area (Å²) < 4.78 is 5.24. The number of hydrogen-bond acceptors (Lipinski definition) is 7. The van der Waals surface area contributed by atoms with Crippen LogP contribution in [0.2, 0.25) is 0 Å². The Bertz CT molecular complexity index is 909. The first kappa shape index (κ1) is 18.8. The van der Waals surface area contributed by atoms with Gasteiger partial charge in [-0.3, -0.25) is 5.32 Å². The van der Waals surface area contributed by atoms with Crippen molar-refractivity contribution >= 4 is 28.5 Å². The molecule has 140 valence electrons. The van der Waals surface area contributed by atoms with Crippen LogP contribution in [0.25, 0.3) is 10.6 Å². The minimum atomic E-state index is -0.576. The van der Waals surface area contributed by atoms with E-state index in [1.807, 2.05) is 19.1 Å². The number of rotatable bonds is 6. The Morgan fingerprint density at radius 3 is 2.59 bits per heavy atom. The highest BCUT2D eigenvalue weighted by molar-refractivity contribution is 7.19. The SMILES string of the molecule is CCN(CC)c1nccc(-c2sc(NC(=O)Oc3ccccc3)nc2C)n1. The van der Waals surface area contributed by atoms with Crippen LogP contribution in [0.3, 0.4) is 0 Å². The molecule has 1 amide bonds. The first-order valence-corrected chi connectivity index (χ1v) is 9.52. The summed E-state index contributed by atoms with van der Waals surface area (Å²) in [4.78, 5) is 28.4. The number of aryl methyl sites for hydroxylation is 1. The van der Waals surface area contributed by atoms with E-state index in [0.29, 0.717) is 16.8 Å². The molecule has 3 aromatic rings. The summed E-state index contributed by atoms with van der Waals surface area (Å²) in [5, 5.41) is 3.14. The van der Waals surface area contributed by atoms with Crippen LogP contribution in [0.5, 0.6) is 5.75 Å². The maximum Gasteiger partial charge on any atom is 0.418 e. The Morgan fingerprint density at radius 2 is 1.89 bits per heavy atom. The molecule has 0 atom stereocenters. The standard InChI is InChI=1S/C19H21N5O2S/c1-4-24(5-2)17-20-12-11-15(22-17)16-13(3)21-18(27-16)23-19(25)26-14-9-7-6-8-10-14/h6-12H,4-5H2,1-3H3,(H,21,23,25). The number of anilines is 2. The summed E-state index contributed by atoms with van der Waals surface area (Å²) >= 11 is 1.36. The summed E-state index contributed by atoms with van der Waals surface area (Å²) in [6.45, 7) is 7.69. The van der Waals surface area contributed by atoms with Crippen LogP contribution in [-0.4, -0.2) is 34.1 Å². The van der Waals surface area contributed by atoms with Gasteiger partial charge in [0.05, 0.1) is 16.3 Å². The highest BCUT2D eigenvalue weighted by Gasteiger charge is 2.15. The van der Waals surface area contributed by atoms with Crippen LogP contribution in [-0.2, 0) is 0 Å². The molecule has 1 aromatic carbocycles. The van der Waals surface area contributed by atoms with Gasteiger partial charge < -0.3 is 9.64 Å². The molecule has 27 heavy (non-hydrogen) atoms. The smallest absolute Gasteiger partial charge is 0.410 e. The molecule has 1 N–H and O–H groups in total. The third kappa shape index (κ3) is 4.59. The largest absolute Gasteiger partial charge is 0.418 e. The Labute approximate surface area is 162 Å². The molecule has 0 radical (unpaired) electrons. The number of hydrogen-bond donors (Lipinski definition) is 1. The highest BCUT2D eigenvalue weighted by atomic mass is 32.1. The summed E-state index contributed by atoms with van der Waals surface area (Å²) in [5.74, 6) is 1.16. The van der Waals surface area contributed by atoms with Gasteiger partial charge in [-0.1, -0.05) is 29.5 Å². The molecular formula is C19H21N5O2S. The fourth-order valence-corrected chi connectivity index (χ4v) is 3.45. The second kappa shape index (κ2) is 8.59. The highest BCUT2D eigenvalue weighted by Crippen LogP contribution is 2.32. The number of benzene rings is 1. The number of ether oxygens (including phenoxy) is 1. The van der Waals surface area contributed by atoms with E-state index in [1.165, 1.54) is 11.3 Å². The number of nitrogens with zero attached hydrogens (tertiary/aromatic N) is 4. The predicted molar refractivity (Wildman–Crippen MR) is 108 cm³/mol. The zero-order valence-electron chi connectivity index (χ0n) is 15.5. The summed E-state index contributed by atoms with van der Waals surface area (Å²) in [6, 6.07) is 10.7. The topological polar surface area (TPSA) is 80.2 Å². The van der Waals surface area contributed by atoms with Crippen molar-refractivity contribution in [1.82, 2.24) is 15.0 Å². The molecule has 0 aliphatic carbocycles. The lowest BCUT2D eigenvalue weighted by molar-refractivity contribution is 0.215. The number of aromatic nitrogens is 3. The maximum atomic E-state index is 12.1. The molecule has 0 spiro atoms. The normalized spacial score (nSPS) is 10.5. The molecule has 0 saturated carbocycles. The molecule has 0 unspecified atom stereocenters. The first-order valence-electron chi connectivity index (χ1n) is 8.70. The molecule has 0 fully saturated rings. The second-order valence-electron chi connectivity index (χ2n) is 5.68. The van der Waals surface area contributed by atoms with Crippen LogP contribution in [0.4, 0.5) is 15.9 Å². The zero-order valence-corrected chi connectivity index (χ0v) is 16.3. The van der Waals surface area contributed by atoms with Gasteiger partial charge in [-0.2, -0.15) is 0 Å². The average molecular weight is 383 g/mol. The van der Waals surface area contributed by atoms with Crippen molar-refractivity contribution in [2.24, 2.45) is 0 Å². The number of thiazole rings is 1. The quantitative estimate of drug-likeness (QED) is 0.681. The second-order valence-corrected chi connectivity index (χ2v) is 6.67. The van der Waals surface area contributed by atoms with Gasteiger partial charge >= 0.3 is 6.09 Å². The van der Waals surface area contributed by atoms with E-state index in [-0.39, 0.29) is 0 Å². The molecule has 0 aliphatic heterocycles. The van der Waals surface area contributed by atoms with Crippen molar-refractivity contribution in [2.75, 3.05) is 23.3 Å². The Hall–Kier alpha value is -3.00. The van der Waals surface area contributed by atoms with Crippen LogP contribution in [0.1, 0.15) is 19.5 Å². The number of carbonyl (C=O) groups is 1. The van der Waals surface area contributed by atoms with Crippen LogP contribution in [0.15, 0.2) is 42.6 Å². The number of para-hydroxylation sites is 1. The Morgan fingerprint density at radius 1 is 1.15 bits per heavy atom. The van der Waals surface area contributed by atoms with E-state index in [4.69, 9.17) is 4.74 Å². The van der Waals surface area contributed by atoms with Crippen molar-refractivity contribution in [3.63, 3.8) is 0 Å². The fraction of sp³-hybridized carbons (Fsp3) is 0.263. The Balaban J connectivity index is 1.76. The van der Waals surface area contributed by atoms with E-state index in [0.717, 1.165) is 29.4 Å². The van der Waals surface area contributed by atoms with Gasteiger partial charge in [0.25, 0.3) is 0 Å². The molecular weight excluding hydrogens is 362 g/mol. The molecule has 0 saturated heterocycles. The predicted octanol–water partition coefficient (Wildman–Crippen LogP) is 4.37. The van der Waals surface area contributed by atoms with E-state index < -0.39 is 6.09 Å². The summed E-state index contributed by atoms with van der Waals surface area (Å²) in [6.07, 6.45) is 1.17. The van der Waals surface area contributed by atoms with Crippen molar-refractivity contribution < 1.29 is 9.53 Å². The lowest BCUT2D eigenvalue weighted by Gasteiger charge is -2.18. The molecule has 2 aromatic heterocycles. The third-order valence-electron chi connectivity index (χ3n) is 3.88. The van der Waals surface area contributed by atoms with Gasteiger partial charge in [-0.05, 0) is 39.0 Å². The molecule has 7 nitrogen and oxygen atoms in total. The summed E-state index contributed by atoms with van der Waals surface area (Å²) in [5.41, 5.74) is 1.57. The number of carbonyl (C=O) groups excluding carboxylic acids is 1. The molecule has 8 heteroatoms. The minimum absolute atomic E-state index is 0.464. The molecule has 0 bridgehead atoms. The fourth-order valence-electron chi connectivity index (χ4n) is 2.53. The van der Waals surface area contributed by atoms with Crippen molar-refractivity contribution in [1.29, 1.82) is 0 Å². The molecule has 2 heterocycles. The van der Waals surface area contributed by atoms with Crippen molar-refractivity contribution in [2.45, 2.75) is 20.8 Å². The molecule has 0 aliphatic rings. The minimum Gasteiger partial charge on any atom is -0.410 e. The monoisotopic (exact) mass is 383 g/mol. The van der Waals surface area contributed by atoms with Crippen LogP contribution in [0, 0.1) is 6.92 Å². The Kier molecular flexibility index (Phi) is 5.97. The van der Waals surface area contributed by atoms with Crippen LogP contribution >= 0.6 is 11.3 Å². The van der Waals surface area contributed by atoms with Crippen molar-refractivity contribution in [3.05, 3.63) is 48.3 Å². The maximum absolute atomic E-state index is 12.1. The van der Waals surface area contributed by atoms with Crippen LogP contribution < -0.4 is 15.0 Å². The lowest BCUT2D eigenvalue weighted by Crippen LogP contribution is -2.24. The van der Waals surface area contributed by atoms with Gasteiger partial charge in [0, 0.05) is 19.3 Å². The average Bonchev–Trinajstić information content (AvgIpc) is 3.04. The third-order valence-corrected chi connectivity index (χ3v) is 4.98. The number of amides is 1. The van der Waals surface area contributed by atoms with Gasteiger partial charge in [0.1, 0.15) is 5.75 Å². The van der Waals surface area contributed by atoms with Crippen molar-refractivity contribution in [3.8, 4) is 16.3 Å². The van der Waals surface area contributed by atoms with Gasteiger partial charge in [0.15, 0.2) is 5.13 Å². The first-order chi connectivity index (χ1) is 13.1. The zero-order chi connectivity index (χ0) is 19.2. The van der Waals surface area contributed by atoms with E-state index in [1.54, 1.807) is 30.5 Å². The summed E-state index contributed by atoms with van der Waals surface area (Å²) in [7, 11) is 0.